The normalized spacial score (nSPS) is 11.9. The number of hydrogen-bond donors (Lipinski definition) is 3. The van der Waals surface area contributed by atoms with Crippen LogP contribution in [0.4, 0.5) is 0 Å². The third kappa shape index (κ3) is 5.05. The van der Waals surface area contributed by atoms with Crippen molar-refractivity contribution >= 4 is 5.91 Å². The van der Waals surface area contributed by atoms with Crippen LogP contribution >= 0.6 is 0 Å². The maximum absolute atomic E-state index is 11.9. The fourth-order valence-corrected chi connectivity index (χ4v) is 2.21. The molecule has 0 radical (unpaired) electrons. The van der Waals surface area contributed by atoms with Gasteiger partial charge < -0.3 is 10.3 Å². The van der Waals surface area contributed by atoms with Gasteiger partial charge in [-0.3, -0.25) is 14.6 Å². The number of carbonyl (C=O) groups is 1. The van der Waals surface area contributed by atoms with Crippen molar-refractivity contribution in [2.24, 2.45) is 0 Å². The van der Waals surface area contributed by atoms with Crippen molar-refractivity contribution in [3.63, 3.8) is 0 Å². The van der Waals surface area contributed by atoms with Crippen LogP contribution in [-0.2, 0) is 17.6 Å². The molecule has 116 valence electrons. The Morgan fingerprint density at radius 3 is 2.59 bits per heavy atom. The van der Waals surface area contributed by atoms with Crippen LogP contribution in [0.3, 0.4) is 0 Å². The van der Waals surface area contributed by atoms with E-state index in [1.54, 1.807) is 0 Å². The van der Waals surface area contributed by atoms with E-state index in [0.29, 0.717) is 5.69 Å². The predicted octanol–water partition coefficient (Wildman–Crippen LogP) is 0.743. The molecule has 0 aliphatic carbocycles. The van der Waals surface area contributed by atoms with E-state index in [0.717, 1.165) is 12.8 Å². The lowest BCUT2D eigenvalue weighted by molar-refractivity contribution is -0.121. The second-order valence-corrected chi connectivity index (χ2v) is 5.28. The van der Waals surface area contributed by atoms with E-state index in [2.05, 4.69) is 27.4 Å². The van der Waals surface area contributed by atoms with Crippen molar-refractivity contribution in [1.29, 1.82) is 0 Å². The summed E-state index contributed by atoms with van der Waals surface area (Å²) in [6.07, 6.45) is 1.68. The Morgan fingerprint density at radius 1 is 1.18 bits per heavy atom. The van der Waals surface area contributed by atoms with E-state index in [1.165, 1.54) is 11.6 Å². The maximum Gasteiger partial charge on any atom is 0.325 e. The van der Waals surface area contributed by atoms with Crippen LogP contribution < -0.4 is 16.6 Å². The van der Waals surface area contributed by atoms with Crippen LogP contribution in [-0.4, -0.2) is 21.9 Å². The fourth-order valence-electron chi connectivity index (χ4n) is 2.21. The Morgan fingerprint density at radius 2 is 1.91 bits per heavy atom. The van der Waals surface area contributed by atoms with Gasteiger partial charge in [0, 0.05) is 17.8 Å². The first-order valence-corrected chi connectivity index (χ1v) is 7.19. The molecule has 1 aromatic carbocycles. The van der Waals surface area contributed by atoms with Gasteiger partial charge in [0.05, 0.1) is 6.42 Å². The molecule has 1 heterocycles. The fraction of sp³-hybridized carbons (Fsp3) is 0.312. The molecule has 0 fully saturated rings. The third-order valence-corrected chi connectivity index (χ3v) is 3.28. The van der Waals surface area contributed by atoms with Gasteiger partial charge in [0.2, 0.25) is 5.91 Å². The highest BCUT2D eigenvalue weighted by Gasteiger charge is 2.09. The van der Waals surface area contributed by atoms with Crippen molar-refractivity contribution in [2.45, 2.75) is 32.2 Å². The Kier molecular flexibility index (Phi) is 5.30. The van der Waals surface area contributed by atoms with Gasteiger partial charge in [-0.1, -0.05) is 30.3 Å². The third-order valence-electron chi connectivity index (χ3n) is 3.28. The molecule has 0 saturated heterocycles. The first kappa shape index (κ1) is 15.8. The molecule has 1 atom stereocenters. The van der Waals surface area contributed by atoms with Gasteiger partial charge in [0.1, 0.15) is 0 Å². The molecule has 1 aromatic heterocycles. The van der Waals surface area contributed by atoms with E-state index >= 15 is 0 Å². The summed E-state index contributed by atoms with van der Waals surface area (Å²) in [5.74, 6) is -0.221. The van der Waals surface area contributed by atoms with Gasteiger partial charge in [-0.2, -0.15) is 0 Å². The average Bonchev–Trinajstić information content (AvgIpc) is 2.45. The second-order valence-electron chi connectivity index (χ2n) is 5.28. The summed E-state index contributed by atoms with van der Waals surface area (Å²) in [7, 11) is 0. The Balaban J connectivity index is 1.83. The molecule has 0 aliphatic rings. The van der Waals surface area contributed by atoms with Crippen molar-refractivity contribution in [2.75, 3.05) is 0 Å². The second kappa shape index (κ2) is 7.40. The zero-order valence-corrected chi connectivity index (χ0v) is 12.4. The zero-order chi connectivity index (χ0) is 15.9. The number of rotatable bonds is 6. The van der Waals surface area contributed by atoms with E-state index in [1.807, 2.05) is 25.1 Å². The van der Waals surface area contributed by atoms with E-state index in [-0.39, 0.29) is 18.4 Å². The number of carbonyl (C=O) groups excluding carboxylic acids is 1. The largest absolute Gasteiger partial charge is 0.353 e. The topological polar surface area (TPSA) is 94.8 Å². The predicted molar refractivity (Wildman–Crippen MR) is 83.8 cm³/mol. The standard InChI is InChI=1S/C16H19N3O3/c1-11(7-8-12-5-3-2-4-6-12)17-14(20)9-13-10-15(21)19-16(22)18-13/h2-6,10-11H,7-9H2,1H3,(H,17,20)(H2,18,19,21,22)/t11-/m0/s1. The number of hydrogen-bond acceptors (Lipinski definition) is 3. The number of nitrogens with one attached hydrogen (secondary N) is 3. The summed E-state index contributed by atoms with van der Waals surface area (Å²) in [6.45, 7) is 1.93. The Labute approximate surface area is 127 Å². The molecular formula is C16H19N3O3. The molecule has 3 N–H and O–H groups in total. The first-order valence-electron chi connectivity index (χ1n) is 7.19. The van der Waals surface area contributed by atoms with E-state index in [9.17, 15) is 14.4 Å². The highest BCUT2D eigenvalue weighted by molar-refractivity contribution is 5.78. The van der Waals surface area contributed by atoms with Gasteiger partial charge >= 0.3 is 5.69 Å². The number of amides is 1. The summed E-state index contributed by atoms with van der Waals surface area (Å²) in [6, 6.07) is 11.3. The smallest absolute Gasteiger partial charge is 0.325 e. The van der Waals surface area contributed by atoms with Crippen LogP contribution in [0, 0.1) is 0 Å². The zero-order valence-electron chi connectivity index (χ0n) is 12.4. The monoisotopic (exact) mass is 301 g/mol. The van der Waals surface area contributed by atoms with Crippen LogP contribution in [0.15, 0.2) is 46.0 Å². The number of aromatic nitrogens is 2. The number of aryl methyl sites for hydroxylation is 1. The Bertz CT molecular complexity index is 706. The highest BCUT2D eigenvalue weighted by Crippen LogP contribution is 2.04. The molecule has 0 unspecified atom stereocenters. The summed E-state index contributed by atoms with van der Waals surface area (Å²) in [5.41, 5.74) is 0.417. The molecule has 6 nitrogen and oxygen atoms in total. The number of aromatic amines is 2. The number of benzene rings is 1. The summed E-state index contributed by atoms with van der Waals surface area (Å²) in [5, 5.41) is 2.86. The SMILES string of the molecule is C[C@@H](CCc1ccccc1)NC(=O)Cc1cc(=O)[nH]c(=O)[nH]1. The van der Waals surface area contributed by atoms with Crippen LogP contribution in [0.2, 0.25) is 0 Å². The maximum atomic E-state index is 11.9. The Hall–Kier alpha value is -2.63. The van der Waals surface area contributed by atoms with Gasteiger partial charge in [-0.25, -0.2) is 4.79 Å². The minimum absolute atomic E-state index is 0.0152. The molecule has 0 saturated carbocycles. The molecule has 2 rings (SSSR count). The molecule has 6 heteroatoms. The molecular weight excluding hydrogens is 282 g/mol. The van der Waals surface area contributed by atoms with Gasteiger partial charge in [0.25, 0.3) is 5.56 Å². The van der Waals surface area contributed by atoms with E-state index < -0.39 is 11.2 Å². The highest BCUT2D eigenvalue weighted by atomic mass is 16.2. The molecule has 0 spiro atoms. The lowest BCUT2D eigenvalue weighted by atomic mass is 10.1. The van der Waals surface area contributed by atoms with Crippen molar-refractivity contribution in [1.82, 2.24) is 15.3 Å². The summed E-state index contributed by atoms with van der Waals surface area (Å²) >= 11 is 0. The van der Waals surface area contributed by atoms with E-state index in [4.69, 9.17) is 0 Å². The molecule has 22 heavy (non-hydrogen) atoms. The summed E-state index contributed by atoms with van der Waals surface area (Å²) in [4.78, 5) is 38.7. The minimum Gasteiger partial charge on any atom is -0.353 e. The van der Waals surface area contributed by atoms with Crippen LogP contribution in [0.25, 0.3) is 0 Å². The average molecular weight is 301 g/mol. The van der Waals surface area contributed by atoms with Gasteiger partial charge in [0.15, 0.2) is 0 Å². The van der Waals surface area contributed by atoms with Crippen LogP contribution in [0.5, 0.6) is 0 Å². The van der Waals surface area contributed by atoms with Crippen molar-refractivity contribution in [3.8, 4) is 0 Å². The lowest BCUT2D eigenvalue weighted by Gasteiger charge is -2.13. The first-order chi connectivity index (χ1) is 10.5. The minimum atomic E-state index is -0.604. The lowest BCUT2D eigenvalue weighted by Crippen LogP contribution is -2.35. The number of H-pyrrole nitrogens is 2. The van der Waals surface area contributed by atoms with Gasteiger partial charge in [-0.05, 0) is 25.3 Å². The molecule has 0 aliphatic heterocycles. The molecule has 1 amide bonds. The quantitative estimate of drug-likeness (QED) is 0.734. The van der Waals surface area contributed by atoms with Gasteiger partial charge in [-0.15, -0.1) is 0 Å². The molecule has 2 aromatic rings. The summed E-state index contributed by atoms with van der Waals surface area (Å²) < 4.78 is 0. The van der Waals surface area contributed by atoms with Crippen molar-refractivity contribution in [3.05, 3.63) is 68.5 Å². The van der Waals surface area contributed by atoms with Crippen LogP contribution in [0.1, 0.15) is 24.6 Å². The van der Waals surface area contributed by atoms with Crippen molar-refractivity contribution < 1.29 is 4.79 Å². The molecule has 0 bridgehead atoms.